The minimum Gasteiger partial charge on any atom is -0.370 e. The van der Waals surface area contributed by atoms with Gasteiger partial charge in [-0.2, -0.15) is 0 Å². The molecule has 7 heteroatoms. The molecule has 1 aromatic heterocycles. The summed E-state index contributed by atoms with van der Waals surface area (Å²) in [6.45, 7) is 7.53. The number of aryl methyl sites for hydroxylation is 1. The highest BCUT2D eigenvalue weighted by Crippen LogP contribution is 2.20. The first kappa shape index (κ1) is 17.1. The topological polar surface area (TPSA) is 61.8 Å². The van der Waals surface area contributed by atoms with E-state index in [0.29, 0.717) is 12.6 Å². The maximum atomic E-state index is 11.8. The zero-order valence-electron chi connectivity index (χ0n) is 14.6. The number of rotatable bonds is 5. The maximum Gasteiger partial charge on any atom is 0.248 e. The molecule has 2 aliphatic heterocycles. The van der Waals surface area contributed by atoms with Gasteiger partial charge in [0, 0.05) is 57.6 Å². The van der Waals surface area contributed by atoms with Crippen LogP contribution in [-0.2, 0) is 9.53 Å². The standard InChI is InChI=1S/C17H27N5O2/c1-14-11-16(19-13-18-14)20(2)15-3-5-21(6-4-15)7-8-22-9-10-24-12-17(22)23/h11,13,15H,3-10,12H2,1-2H3. The van der Waals surface area contributed by atoms with Crippen molar-refractivity contribution in [1.82, 2.24) is 19.8 Å². The lowest BCUT2D eigenvalue weighted by Gasteiger charge is -2.38. The van der Waals surface area contributed by atoms with Gasteiger partial charge in [-0.3, -0.25) is 4.79 Å². The van der Waals surface area contributed by atoms with Crippen LogP contribution in [0.5, 0.6) is 0 Å². The summed E-state index contributed by atoms with van der Waals surface area (Å²) >= 11 is 0. The third kappa shape index (κ3) is 4.21. The third-order valence-electron chi connectivity index (χ3n) is 5.03. The second kappa shape index (κ2) is 7.90. The first-order valence-corrected chi connectivity index (χ1v) is 8.73. The minimum absolute atomic E-state index is 0.120. The monoisotopic (exact) mass is 333 g/mol. The zero-order valence-corrected chi connectivity index (χ0v) is 14.6. The van der Waals surface area contributed by atoms with Gasteiger partial charge in [-0.1, -0.05) is 0 Å². The van der Waals surface area contributed by atoms with Crippen molar-refractivity contribution in [2.45, 2.75) is 25.8 Å². The van der Waals surface area contributed by atoms with Gasteiger partial charge in [0.2, 0.25) is 5.91 Å². The number of amides is 1. The highest BCUT2D eigenvalue weighted by Gasteiger charge is 2.25. The number of anilines is 1. The summed E-state index contributed by atoms with van der Waals surface area (Å²) in [6, 6.07) is 2.55. The Hall–Kier alpha value is -1.73. The Labute approximate surface area is 143 Å². The van der Waals surface area contributed by atoms with E-state index in [9.17, 15) is 4.79 Å². The summed E-state index contributed by atoms with van der Waals surface area (Å²) in [7, 11) is 2.12. The summed E-state index contributed by atoms with van der Waals surface area (Å²) < 4.78 is 5.17. The van der Waals surface area contributed by atoms with Crippen LogP contribution in [0.4, 0.5) is 5.82 Å². The number of aromatic nitrogens is 2. The number of carbonyl (C=O) groups is 1. The number of ether oxygens (including phenoxy) is 1. The van der Waals surface area contributed by atoms with Crippen molar-refractivity contribution < 1.29 is 9.53 Å². The van der Waals surface area contributed by atoms with E-state index in [0.717, 1.165) is 57.1 Å². The van der Waals surface area contributed by atoms with Gasteiger partial charge in [0.1, 0.15) is 18.8 Å². The molecule has 2 aliphatic rings. The van der Waals surface area contributed by atoms with Crippen LogP contribution >= 0.6 is 0 Å². The number of hydrogen-bond acceptors (Lipinski definition) is 6. The van der Waals surface area contributed by atoms with Gasteiger partial charge < -0.3 is 19.4 Å². The third-order valence-corrected chi connectivity index (χ3v) is 5.03. The van der Waals surface area contributed by atoms with E-state index in [-0.39, 0.29) is 12.5 Å². The molecule has 7 nitrogen and oxygen atoms in total. The highest BCUT2D eigenvalue weighted by atomic mass is 16.5. The second-order valence-corrected chi connectivity index (χ2v) is 6.63. The molecule has 0 bridgehead atoms. The molecule has 0 saturated carbocycles. The van der Waals surface area contributed by atoms with Crippen molar-refractivity contribution in [3.05, 3.63) is 18.1 Å². The van der Waals surface area contributed by atoms with Crippen LogP contribution in [0.15, 0.2) is 12.4 Å². The quantitative estimate of drug-likeness (QED) is 0.784. The normalized spacial score (nSPS) is 20.4. The average Bonchev–Trinajstić information content (AvgIpc) is 2.61. The van der Waals surface area contributed by atoms with Gasteiger partial charge in [-0.25, -0.2) is 9.97 Å². The van der Waals surface area contributed by atoms with Gasteiger partial charge in [-0.15, -0.1) is 0 Å². The van der Waals surface area contributed by atoms with Crippen molar-refractivity contribution in [2.24, 2.45) is 0 Å². The molecular weight excluding hydrogens is 306 g/mol. The van der Waals surface area contributed by atoms with Gasteiger partial charge in [0.25, 0.3) is 0 Å². The highest BCUT2D eigenvalue weighted by molar-refractivity contribution is 5.77. The molecule has 0 aliphatic carbocycles. The lowest BCUT2D eigenvalue weighted by molar-refractivity contribution is -0.142. The lowest BCUT2D eigenvalue weighted by Crippen LogP contribution is -2.48. The predicted octanol–water partition coefficient (Wildman–Crippen LogP) is 0.544. The van der Waals surface area contributed by atoms with Gasteiger partial charge in [0.05, 0.1) is 6.61 Å². The SMILES string of the molecule is Cc1cc(N(C)C2CCN(CCN3CCOCC3=O)CC2)ncn1. The van der Waals surface area contributed by atoms with Crippen molar-refractivity contribution in [1.29, 1.82) is 0 Å². The first-order valence-electron chi connectivity index (χ1n) is 8.73. The number of piperidine rings is 1. The molecule has 0 atom stereocenters. The number of likely N-dealkylation sites (tertiary alicyclic amines) is 1. The Morgan fingerprint density at radius 2 is 2.04 bits per heavy atom. The van der Waals surface area contributed by atoms with E-state index in [1.165, 1.54) is 0 Å². The number of morpholine rings is 1. The van der Waals surface area contributed by atoms with Crippen LogP contribution in [0.1, 0.15) is 18.5 Å². The molecule has 3 heterocycles. The van der Waals surface area contributed by atoms with E-state index in [2.05, 4.69) is 26.8 Å². The van der Waals surface area contributed by atoms with Crippen LogP contribution < -0.4 is 4.90 Å². The van der Waals surface area contributed by atoms with E-state index in [4.69, 9.17) is 4.74 Å². The fraction of sp³-hybridized carbons (Fsp3) is 0.706. The fourth-order valence-electron chi connectivity index (χ4n) is 3.40. The molecule has 0 radical (unpaired) electrons. The summed E-state index contributed by atoms with van der Waals surface area (Å²) in [5.41, 5.74) is 1.000. The van der Waals surface area contributed by atoms with Crippen molar-refractivity contribution in [3.63, 3.8) is 0 Å². The Balaban J connectivity index is 1.44. The summed E-state index contributed by atoms with van der Waals surface area (Å²) in [5, 5.41) is 0. The summed E-state index contributed by atoms with van der Waals surface area (Å²) in [5.74, 6) is 1.12. The first-order chi connectivity index (χ1) is 11.6. The molecule has 0 aromatic carbocycles. The summed E-state index contributed by atoms with van der Waals surface area (Å²) in [4.78, 5) is 27.0. The van der Waals surface area contributed by atoms with E-state index >= 15 is 0 Å². The molecule has 1 amide bonds. The molecule has 3 rings (SSSR count). The molecule has 2 fully saturated rings. The van der Waals surface area contributed by atoms with Crippen molar-refractivity contribution in [3.8, 4) is 0 Å². The Morgan fingerprint density at radius 1 is 1.25 bits per heavy atom. The van der Waals surface area contributed by atoms with E-state index in [1.54, 1.807) is 6.33 Å². The van der Waals surface area contributed by atoms with Crippen LogP contribution in [0.2, 0.25) is 0 Å². The van der Waals surface area contributed by atoms with E-state index < -0.39 is 0 Å². The van der Waals surface area contributed by atoms with Gasteiger partial charge in [-0.05, 0) is 19.8 Å². The fourth-order valence-corrected chi connectivity index (χ4v) is 3.40. The Bertz CT molecular complexity index is 560. The van der Waals surface area contributed by atoms with Gasteiger partial charge >= 0.3 is 0 Å². The largest absolute Gasteiger partial charge is 0.370 e. The molecule has 0 spiro atoms. The maximum absolute atomic E-state index is 11.8. The van der Waals surface area contributed by atoms with E-state index in [1.807, 2.05) is 17.9 Å². The minimum atomic E-state index is 0.120. The van der Waals surface area contributed by atoms with Crippen LogP contribution in [0, 0.1) is 6.92 Å². The average molecular weight is 333 g/mol. The molecule has 1 aromatic rings. The van der Waals surface area contributed by atoms with Crippen LogP contribution in [0.3, 0.4) is 0 Å². The molecule has 0 N–H and O–H groups in total. The molecule has 24 heavy (non-hydrogen) atoms. The zero-order chi connectivity index (χ0) is 16.9. The predicted molar refractivity (Wildman–Crippen MR) is 92.0 cm³/mol. The molecule has 2 saturated heterocycles. The number of carbonyl (C=O) groups excluding carboxylic acids is 1. The summed E-state index contributed by atoms with van der Waals surface area (Å²) in [6.07, 6.45) is 3.88. The lowest BCUT2D eigenvalue weighted by atomic mass is 10.0. The molecular formula is C17H27N5O2. The van der Waals surface area contributed by atoms with Crippen LogP contribution in [-0.4, -0.2) is 84.7 Å². The molecule has 132 valence electrons. The number of hydrogen-bond donors (Lipinski definition) is 0. The van der Waals surface area contributed by atoms with Crippen molar-refractivity contribution in [2.75, 3.05) is 57.9 Å². The van der Waals surface area contributed by atoms with Crippen molar-refractivity contribution >= 4 is 11.7 Å². The van der Waals surface area contributed by atoms with Crippen LogP contribution in [0.25, 0.3) is 0 Å². The van der Waals surface area contributed by atoms with Gasteiger partial charge in [0.15, 0.2) is 0 Å². The number of nitrogens with zero attached hydrogens (tertiary/aromatic N) is 5. The smallest absolute Gasteiger partial charge is 0.248 e. The Morgan fingerprint density at radius 3 is 2.75 bits per heavy atom. The molecule has 0 unspecified atom stereocenters. The second-order valence-electron chi connectivity index (χ2n) is 6.63. The Kier molecular flexibility index (Phi) is 5.63.